The molecule has 1 heterocycles. The summed E-state index contributed by atoms with van der Waals surface area (Å²) in [5.74, 6) is -0.495. The molecular formula is C17H26FN3O3S. The molecule has 1 aromatic rings. The van der Waals surface area contributed by atoms with Crippen LogP contribution in [0.1, 0.15) is 12.5 Å². The number of benzene rings is 1. The zero-order valence-electron chi connectivity index (χ0n) is 14.8. The summed E-state index contributed by atoms with van der Waals surface area (Å²) in [6.07, 6.45) is 1.55. The second kappa shape index (κ2) is 8.73. The Hall–Kier alpha value is -1.51. The third kappa shape index (κ3) is 6.05. The summed E-state index contributed by atoms with van der Waals surface area (Å²) in [6, 6.07) is 5.94. The van der Waals surface area contributed by atoms with Crippen LogP contribution in [0, 0.1) is 5.82 Å². The van der Waals surface area contributed by atoms with Gasteiger partial charge in [-0.1, -0.05) is 19.1 Å². The first kappa shape index (κ1) is 19.8. The maximum absolute atomic E-state index is 12.9. The average Bonchev–Trinajstić information content (AvgIpc) is 2.59. The number of nitrogens with zero attached hydrogens (tertiary/aromatic N) is 3. The number of likely N-dealkylation sites (N-methyl/N-ethyl adjacent to an activating group) is 1. The molecule has 1 aliphatic rings. The lowest BCUT2D eigenvalue weighted by atomic mass is 10.1. The van der Waals surface area contributed by atoms with Crippen LogP contribution in [0.5, 0.6) is 0 Å². The third-order valence-electron chi connectivity index (χ3n) is 4.52. The van der Waals surface area contributed by atoms with Gasteiger partial charge in [0.2, 0.25) is 15.9 Å². The quantitative estimate of drug-likeness (QED) is 0.711. The highest BCUT2D eigenvalue weighted by molar-refractivity contribution is 7.88. The number of piperazine rings is 1. The van der Waals surface area contributed by atoms with Crippen LogP contribution in [-0.4, -0.2) is 80.5 Å². The Bertz CT molecular complexity index is 671. The van der Waals surface area contributed by atoms with Crippen molar-refractivity contribution in [1.29, 1.82) is 0 Å². The highest BCUT2D eigenvalue weighted by atomic mass is 32.2. The van der Waals surface area contributed by atoms with Crippen LogP contribution in [0.3, 0.4) is 0 Å². The monoisotopic (exact) mass is 371 g/mol. The second-order valence-electron chi connectivity index (χ2n) is 6.29. The lowest BCUT2D eigenvalue weighted by Crippen LogP contribution is -2.51. The second-order valence-corrected chi connectivity index (χ2v) is 8.27. The molecule has 2 rings (SSSR count). The van der Waals surface area contributed by atoms with Crippen LogP contribution in [0.4, 0.5) is 4.39 Å². The fourth-order valence-electron chi connectivity index (χ4n) is 2.83. The zero-order chi connectivity index (χ0) is 18.4. The summed E-state index contributed by atoms with van der Waals surface area (Å²) in [5.41, 5.74) is 0.832. The Morgan fingerprint density at radius 3 is 2.28 bits per heavy atom. The maximum atomic E-state index is 12.9. The Kier molecular flexibility index (Phi) is 6.92. The molecule has 0 spiro atoms. The van der Waals surface area contributed by atoms with E-state index in [1.807, 2.05) is 0 Å². The van der Waals surface area contributed by atoms with Gasteiger partial charge in [-0.05, 0) is 30.7 Å². The van der Waals surface area contributed by atoms with Crippen molar-refractivity contribution < 1.29 is 17.6 Å². The number of carbonyl (C=O) groups excluding carboxylic acids is 1. The summed E-state index contributed by atoms with van der Waals surface area (Å²) >= 11 is 0. The molecule has 0 bridgehead atoms. The first-order chi connectivity index (χ1) is 11.8. The van der Waals surface area contributed by atoms with E-state index in [1.54, 1.807) is 17.0 Å². The van der Waals surface area contributed by atoms with Gasteiger partial charge in [-0.25, -0.2) is 12.8 Å². The topological polar surface area (TPSA) is 60.9 Å². The first-order valence-electron chi connectivity index (χ1n) is 8.49. The lowest BCUT2D eigenvalue weighted by molar-refractivity contribution is -0.133. The standard InChI is InChI=1S/C17H26FN3O3S/c1-3-19-10-12-20(13-11-19)17(22)14-21(25(2,23)24)9-8-15-4-6-16(18)7-5-15/h4-7H,3,8-14H2,1-2H3. The number of sulfonamides is 1. The van der Waals surface area contributed by atoms with E-state index in [0.717, 1.165) is 31.5 Å². The third-order valence-corrected chi connectivity index (χ3v) is 5.77. The average molecular weight is 371 g/mol. The molecule has 140 valence electrons. The van der Waals surface area contributed by atoms with Gasteiger partial charge in [0, 0.05) is 32.7 Å². The van der Waals surface area contributed by atoms with Gasteiger partial charge < -0.3 is 9.80 Å². The molecule has 0 aromatic heterocycles. The van der Waals surface area contributed by atoms with Crippen LogP contribution in [0.2, 0.25) is 0 Å². The van der Waals surface area contributed by atoms with Crippen LogP contribution in [0.15, 0.2) is 24.3 Å². The van der Waals surface area contributed by atoms with Crippen molar-refractivity contribution in [3.63, 3.8) is 0 Å². The van der Waals surface area contributed by atoms with Gasteiger partial charge in [0.15, 0.2) is 0 Å². The van der Waals surface area contributed by atoms with Gasteiger partial charge in [-0.15, -0.1) is 0 Å². The molecule has 0 unspecified atom stereocenters. The number of hydrogen-bond donors (Lipinski definition) is 0. The normalized spacial score (nSPS) is 16.4. The van der Waals surface area contributed by atoms with E-state index in [0.29, 0.717) is 19.5 Å². The van der Waals surface area contributed by atoms with Crippen molar-refractivity contribution >= 4 is 15.9 Å². The summed E-state index contributed by atoms with van der Waals surface area (Å²) in [4.78, 5) is 16.4. The summed E-state index contributed by atoms with van der Waals surface area (Å²) in [6.45, 7) is 5.97. The van der Waals surface area contributed by atoms with Crippen molar-refractivity contribution in [2.24, 2.45) is 0 Å². The Balaban J connectivity index is 1.93. The molecule has 1 amide bonds. The van der Waals surface area contributed by atoms with Crippen LogP contribution >= 0.6 is 0 Å². The van der Waals surface area contributed by atoms with E-state index >= 15 is 0 Å². The smallest absolute Gasteiger partial charge is 0.237 e. The van der Waals surface area contributed by atoms with Gasteiger partial charge in [0.1, 0.15) is 5.82 Å². The molecule has 0 radical (unpaired) electrons. The number of halogens is 1. The first-order valence-corrected chi connectivity index (χ1v) is 10.3. The number of carbonyl (C=O) groups is 1. The van der Waals surface area contributed by atoms with Crippen molar-refractivity contribution in [3.05, 3.63) is 35.6 Å². The fraction of sp³-hybridized carbons (Fsp3) is 0.588. The highest BCUT2D eigenvalue weighted by Crippen LogP contribution is 2.08. The van der Waals surface area contributed by atoms with Crippen molar-refractivity contribution in [2.75, 3.05) is 52.1 Å². The molecule has 0 aliphatic carbocycles. The van der Waals surface area contributed by atoms with Crippen molar-refractivity contribution in [2.45, 2.75) is 13.3 Å². The number of rotatable bonds is 7. The molecule has 0 N–H and O–H groups in total. The Morgan fingerprint density at radius 1 is 1.16 bits per heavy atom. The predicted octanol–water partition coefficient (Wildman–Crippen LogP) is 0.794. The molecule has 25 heavy (non-hydrogen) atoms. The van der Waals surface area contributed by atoms with Crippen molar-refractivity contribution in [1.82, 2.24) is 14.1 Å². The molecule has 8 heteroatoms. The van der Waals surface area contributed by atoms with Crippen molar-refractivity contribution in [3.8, 4) is 0 Å². The summed E-state index contributed by atoms with van der Waals surface area (Å²) in [7, 11) is -3.49. The van der Waals surface area contributed by atoms with E-state index in [2.05, 4.69) is 11.8 Å². The molecule has 1 fully saturated rings. The van der Waals surface area contributed by atoms with Gasteiger partial charge in [0.25, 0.3) is 0 Å². The molecule has 1 aliphatic heterocycles. The highest BCUT2D eigenvalue weighted by Gasteiger charge is 2.25. The molecule has 6 nitrogen and oxygen atoms in total. The predicted molar refractivity (Wildman–Crippen MR) is 95.2 cm³/mol. The number of hydrogen-bond acceptors (Lipinski definition) is 4. The fourth-order valence-corrected chi connectivity index (χ4v) is 3.60. The van der Waals surface area contributed by atoms with E-state index in [-0.39, 0.29) is 24.8 Å². The molecule has 0 atom stereocenters. The largest absolute Gasteiger partial charge is 0.339 e. The van der Waals surface area contributed by atoms with Gasteiger partial charge in [-0.2, -0.15) is 4.31 Å². The van der Waals surface area contributed by atoms with Gasteiger partial charge in [0.05, 0.1) is 12.8 Å². The minimum Gasteiger partial charge on any atom is -0.339 e. The van der Waals surface area contributed by atoms with Crippen LogP contribution in [0.25, 0.3) is 0 Å². The SMILES string of the molecule is CCN1CCN(C(=O)CN(CCc2ccc(F)cc2)S(C)(=O)=O)CC1. The molecule has 1 aromatic carbocycles. The minimum absolute atomic E-state index is 0.147. The zero-order valence-corrected chi connectivity index (χ0v) is 15.6. The minimum atomic E-state index is -3.49. The molecule has 0 saturated carbocycles. The van der Waals surface area contributed by atoms with Crippen LogP contribution in [-0.2, 0) is 21.2 Å². The van der Waals surface area contributed by atoms with Crippen LogP contribution < -0.4 is 0 Å². The van der Waals surface area contributed by atoms with E-state index < -0.39 is 10.0 Å². The molecular weight excluding hydrogens is 345 g/mol. The lowest BCUT2D eigenvalue weighted by Gasteiger charge is -2.35. The van der Waals surface area contributed by atoms with E-state index in [4.69, 9.17) is 0 Å². The number of amides is 1. The summed E-state index contributed by atoms with van der Waals surface area (Å²) in [5, 5.41) is 0. The Morgan fingerprint density at radius 2 is 1.76 bits per heavy atom. The maximum Gasteiger partial charge on any atom is 0.237 e. The van der Waals surface area contributed by atoms with Gasteiger partial charge >= 0.3 is 0 Å². The van der Waals surface area contributed by atoms with E-state index in [9.17, 15) is 17.6 Å². The van der Waals surface area contributed by atoms with E-state index in [1.165, 1.54) is 16.4 Å². The molecule has 1 saturated heterocycles. The van der Waals surface area contributed by atoms with Gasteiger partial charge in [-0.3, -0.25) is 4.79 Å². The Labute approximate surface area is 149 Å². The summed E-state index contributed by atoms with van der Waals surface area (Å²) < 4.78 is 38.2.